The van der Waals surface area contributed by atoms with Crippen molar-refractivity contribution in [1.29, 1.82) is 0 Å². The monoisotopic (exact) mass is 590 g/mol. The molecule has 44 heavy (non-hydrogen) atoms. The molecule has 0 unspecified atom stereocenters. The van der Waals surface area contributed by atoms with Gasteiger partial charge in [-0.05, 0) is 104 Å². The van der Waals surface area contributed by atoms with Crippen molar-refractivity contribution in [3.8, 4) is 0 Å². The summed E-state index contributed by atoms with van der Waals surface area (Å²) in [4.78, 5) is 14.6. The minimum Gasteiger partial charge on any atom is -0.392 e. The van der Waals surface area contributed by atoms with Crippen LogP contribution < -0.4 is 0 Å². The summed E-state index contributed by atoms with van der Waals surface area (Å²) in [6, 6.07) is 4.44. The third-order valence-corrected chi connectivity index (χ3v) is 9.46. The second-order valence-corrected chi connectivity index (χ2v) is 11.6. The van der Waals surface area contributed by atoms with Crippen LogP contribution in [0.2, 0.25) is 0 Å². The summed E-state index contributed by atoms with van der Waals surface area (Å²) in [5.74, 6) is 0. The number of allylic oxidation sites excluding steroid dienone is 2. The van der Waals surface area contributed by atoms with Crippen molar-refractivity contribution < 1.29 is 5.11 Å². The number of fused-ring (bicyclic) bond motifs is 8. The zero-order valence-electron chi connectivity index (χ0n) is 28.1. The molecule has 2 aliphatic heterocycles. The van der Waals surface area contributed by atoms with Crippen molar-refractivity contribution in [1.82, 2.24) is 19.5 Å². The molecule has 5 rings (SSSR count). The van der Waals surface area contributed by atoms with Crippen molar-refractivity contribution in [2.45, 2.75) is 107 Å². The molecule has 0 saturated heterocycles. The van der Waals surface area contributed by atoms with Crippen LogP contribution >= 0.6 is 0 Å². The van der Waals surface area contributed by atoms with Crippen LogP contribution in [-0.2, 0) is 38.6 Å². The number of nitrogens with one attached hydrogen (secondary N) is 1. The van der Waals surface area contributed by atoms with Crippen molar-refractivity contribution in [2.75, 3.05) is 6.61 Å². The van der Waals surface area contributed by atoms with Gasteiger partial charge in [0.25, 0.3) is 0 Å². The molecular weight excluding hydrogens is 540 g/mol. The molecule has 0 atom stereocenters. The Balaban J connectivity index is 2.15. The topological polar surface area (TPSA) is 66.7 Å². The second-order valence-electron chi connectivity index (χ2n) is 11.6. The van der Waals surface area contributed by atoms with Gasteiger partial charge in [0.2, 0.25) is 0 Å². The highest BCUT2D eigenvalue weighted by Gasteiger charge is 2.26. The molecule has 8 bridgehead atoms. The molecule has 0 fully saturated rings. The van der Waals surface area contributed by atoms with E-state index in [9.17, 15) is 5.11 Å². The largest absolute Gasteiger partial charge is 0.392 e. The summed E-state index contributed by atoms with van der Waals surface area (Å²) in [5.41, 5.74) is 19.7. The third kappa shape index (κ3) is 5.19. The molecule has 232 valence electrons. The fourth-order valence-electron chi connectivity index (χ4n) is 7.58. The molecule has 5 heterocycles. The Morgan fingerprint density at radius 2 is 1.27 bits per heavy atom. The van der Waals surface area contributed by atoms with Gasteiger partial charge in [-0.25, -0.2) is 9.97 Å². The van der Waals surface area contributed by atoms with Gasteiger partial charge >= 0.3 is 0 Å². The van der Waals surface area contributed by atoms with Crippen LogP contribution in [-0.4, -0.2) is 31.2 Å². The molecule has 0 aromatic carbocycles. The molecule has 0 amide bonds. The molecule has 2 aliphatic rings. The van der Waals surface area contributed by atoms with E-state index in [0.29, 0.717) is 0 Å². The molecule has 2 N–H and O–H groups in total. The number of aromatic nitrogens is 4. The van der Waals surface area contributed by atoms with Crippen molar-refractivity contribution in [3.63, 3.8) is 0 Å². The van der Waals surface area contributed by atoms with Gasteiger partial charge < -0.3 is 14.7 Å². The second kappa shape index (κ2) is 13.5. The van der Waals surface area contributed by atoms with E-state index < -0.39 is 0 Å². The highest BCUT2D eigenvalue weighted by atomic mass is 16.2. The summed E-state index contributed by atoms with van der Waals surface area (Å²) in [6.07, 6.45) is 14.7. The van der Waals surface area contributed by atoms with Crippen LogP contribution in [0.5, 0.6) is 0 Å². The predicted molar refractivity (Wildman–Crippen MR) is 190 cm³/mol. The molecule has 3 aromatic rings. The van der Waals surface area contributed by atoms with E-state index >= 15 is 0 Å². The first-order chi connectivity index (χ1) is 21.4. The van der Waals surface area contributed by atoms with Crippen LogP contribution in [0.1, 0.15) is 124 Å². The highest BCUT2D eigenvalue weighted by molar-refractivity contribution is 5.97. The van der Waals surface area contributed by atoms with Crippen LogP contribution in [0, 0.1) is 0 Å². The number of aromatic amines is 1. The average molecular weight is 591 g/mol. The molecule has 5 nitrogen and oxygen atoms in total. The maximum Gasteiger partial charge on any atom is 0.0725 e. The van der Waals surface area contributed by atoms with Crippen molar-refractivity contribution >= 4 is 51.4 Å². The molecule has 5 heteroatoms. The molecule has 0 radical (unpaired) electrons. The van der Waals surface area contributed by atoms with Gasteiger partial charge in [0.15, 0.2) is 0 Å². The first-order valence-electron chi connectivity index (χ1n) is 17.0. The zero-order chi connectivity index (χ0) is 31.5. The number of aryl methyl sites for hydroxylation is 6. The normalized spacial score (nSPS) is 13.2. The third-order valence-electron chi connectivity index (χ3n) is 9.46. The fraction of sp³-hybridized carbons (Fsp3) is 0.436. The van der Waals surface area contributed by atoms with Gasteiger partial charge in [-0.2, -0.15) is 0 Å². The number of nitrogens with zero attached hydrogens (tertiary/aromatic N) is 3. The predicted octanol–water partition coefficient (Wildman–Crippen LogP) is 9.53. The first-order valence-corrected chi connectivity index (χ1v) is 17.0. The number of aliphatic hydroxyl groups excluding tert-OH is 1. The number of rotatable bonds is 10. The Morgan fingerprint density at radius 1 is 0.682 bits per heavy atom. The van der Waals surface area contributed by atoms with E-state index in [-0.39, 0.29) is 6.61 Å². The lowest BCUT2D eigenvalue weighted by molar-refractivity contribution is 0.343. The quantitative estimate of drug-likeness (QED) is 0.193. The van der Waals surface area contributed by atoms with E-state index in [1.165, 1.54) is 55.7 Å². The van der Waals surface area contributed by atoms with Crippen LogP contribution in [0.4, 0.5) is 0 Å². The van der Waals surface area contributed by atoms with E-state index in [1.807, 2.05) is 6.08 Å². The van der Waals surface area contributed by atoms with E-state index in [1.54, 1.807) is 0 Å². The molecular formula is C39H50N4O. The molecule has 0 saturated carbocycles. The van der Waals surface area contributed by atoms with Crippen LogP contribution in [0.3, 0.4) is 0 Å². The number of hydrogen-bond donors (Lipinski definition) is 2. The maximum absolute atomic E-state index is 9.70. The minimum absolute atomic E-state index is 0.00281. The maximum atomic E-state index is 9.70. The Labute approximate surface area is 263 Å². The summed E-state index contributed by atoms with van der Waals surface area (Å²) in [6.45, 7) is 19.1. The first kappa shape index (κ1) is 31.7. The smallest absolute Gasteiger partial charge is 0.0725 e. The highest BCUT2D eigenvalue weighted by Crippen LogP contribution is 2.41. The SMILES string of the molecule is CCC1=C(CC)c2nc1c(CC)c1[nH]c(cc3nc(cc4c(CC)c(CC)c(c2CC)n4CC)C=C3)c(C=CCO)c1CC. The van der Waals surface area contributed by atoms with Crippen LogP contribution in [0.25, 0.3) is 51.4 Å². The number of hydrogen-bond acceptors (Lipinski definition) is 3. The lowest BCUT2D eigenvalue weighted by atomic mass is 9.93. The molecule has 3 aromatic heterocycles. The van der Waals surface area contributed by atoms with Crippen molar-refractivity contribution in [3.05, 3.63) is 74.4 Å². The van der Waals surface area contributed by atoms with E-state index in [2.05, 4.69) is 95.3 Å². The summed E-state index contributed by atoms with van der Waals surface area (Å²) in [5, 5.41) is 9.70. The van der Waals surface area contributed by atoms with Gasteiger partial charge in [-0.15, -0.1) is 0 Å². The molecule has 0 spiro atoms. The lowest BCUT2D eigenvalue weighted by Crippen LogP contribution is -2.00. The standard InChI is InChI=1S/C39H50N4O/c1-9-26-30(13-5)39-32(15-7)38-28(11-3)27(10-2)37(42-38)31(14-6)36-29(12-4)33(18-17-21-44)34(41-36)22-24-19-20-25(40-24)23-35(26)43(39)16-8/h17-20,22-23,41,44H,9-16,21H2,1-8H3. The van der Waals surface area contributed by atoms with Gasteiger partial charge in [0.05, 0.1) is 34.9 Å². The minimum atomic E-state index is 0.00281. The Morgan fingerprint density at radius 3 is 1.82 bits per heavy atom. The van der Waals surface area contributed by atoms with Gasteiger partial charge in [-0.1, -0.05) is 60.6 Å². The summed E-state index contributed by atoms with van der Waals surface area (Å²) in [7, 11) is 0. The van der Waals surface area contributed by atoms with Crippen molar-refractivity contribution in [2.24, 2.45) is 0 Å². The van der Waals surface area contributed by atoms with Gasteiger partial charge in [-0.3, -0.25) is 0 Å². The average Bonchev–Trinajstić information content (AvgIpc) is 3.79. The number of H-pyrrole nitrogens is 1. The lowest BCUT2D eigenvalue weighted by Gasteiger charge is -2.11. The summed E-state index contributed by atoms with van der Waals surface area (Å²) >= 11 is 0. The van der Waals surface area contributed by atoms with E-state index in [0.717, 1.165) is 85.2 Å². The van der Waals surface area contributed by atoms with Crippen LogP contribution in [0.15, 0.2) is 18.2 Å². The molecule has 0 aliphatic carbocycles. The van der Waals surface area contributed by atoms with Gasteiger partial charge in [0.1, 0.15) is 0 Å². The summed E-state index contributed by atoms with van der Waals surface area (Å²) < 4.78 is 2.54. The Bertz CT molecular complexity index is 1830. The van der Waals surface area contributed by atoms with Gasteiger partial charge in [0, 0.05) is 39.8 Å². The van der Waals surface area contributed by atoms with E-state index in [4.69, 9.17) is 9.97 Å². The number of aliphatic hydroxyl groups is 1. The zero-order valence-corrected chi connectivity index (χ0v) is 28.1. The Hall–Kier alpha value is -3.70. The Kier molecular flexibility index (Phi) is 9.75. The fourth-order valence-corrected chi connectivity index (χ4v) is 7.58.